The summed E-state index contributed by atoms with van der Waals surface area (Å²) in [6, 6.07) is 26.5. The molecule has 3 aromatic carbocycles. The fraction of sp³-hybridized carbons (Fsp3) is 0. The monoisotopic (exact) mass is 356 g/mol. The highest BCUT2D eigenvalue weighted by molar-refractivity contribution is 7.76. The third-order valence-electron chi connectivity index (χ3n) is 3.44. The summed E-state index contributed by atoms with van der Waals surface area (Å²) in [5.74, 6) is 2.23. The van der Waals surface area contributed by atoms with Crippen LogP contribution >= 0.6 is 31.1 Å². The summed E-state index contributed by atoms with van der Waals surface area (Å²) in [7, 11) is -0.709. The minimum absolute atomic E-state index is 0.598. The lowest BCUT2D eigenvalue weighted by molar-refractivity contribution is 1.66. The predicted octanol–water partition coefficient (Wildman–Crippen LogP) is 6.10. The van der Waals surface area contributed by atoms with E-state index in [0.29, 0.717) is 10.0 Å². The fourth-order valence-corrected chi connectivity index (χ4v) is 4.94. The molecule has 0 bridgehead atoms. The van der Waals surface area contributed by atoms with Crippen molar-refractivity contribution in [3.05, 3.63) is 100 Å². The molecule has 0 aliphatic carbocycles. The van der Waals surface area contributed by atoms with Gasteiger partial charge < -0.3 is 0 Å². The minimum Gasteiger partial charge on any atom is -0.0827 e. The maximum absolute atomic E-state index is 6.47. The molecule has 0 spiro atoms. The molecule has 0 aliphatic rings. The number of halogens is 2. The molecule has 0 amide bonds. The molecule has 0 heterocycles. The first-order chi connectivity index (χ1) is 11.3. The van der Waals surface area contributed by atoms with Crippen molar-refractivity contribution in [3.8, 4) is 0 Å². The van der Waals surface area contributed by atoms with Crippen molar-refractivity contribution in [2.45, 2.75) is 0 Å². The van der Waals surface area contributed by atoms with Gasteiger partial charge in [0.05, 0.1) is 10.0 Å². The Hall–Kier alpha value is -1.59. The molecular formula is C20H15Cl2P. The van der Waals surface area contributed by atoms with Crippen LogP contribution in [0.15, 0.2) is 84.7 Å². The Labute approximate surface area is 148 Å². The fourth-order valence-electron chi connectivity index (χ4n) is 2.30. The van der Waals surface area contributed by atoms with Crippen molar-refractivity contribution in [2.24, 2.45) is 0 Å². The highest BCUT2D eigenvalue weighted by Gasteiger charge is 2.15. The first-order valence-electron chi connectivity index (χ1n) is 7.27. The average Bonchev–Trinajstić information content (AvgIpc) is 2.60. The van der Waals surface area contributed by atoms with Crippen LogP contribution < -0.4 is 10.6 Å². The maximum atomic E-state index is 6.47. The maximum Gasteiger partial charge on any atom is 0.0675 e. The SMILES string of the molecule is Clc1cccc(P(C=Cc2ccccc2)c2ccccc2)c1Cl. The van der Waals surface area contributed by atoms with Gasteiger partial charge in [0.25, 0.3) is 0 Å². The number of benzene rings is 3. The molecule has 1 unspecified atom stereocenters. The minimum atomic E-state index is -0.709. The Morgan fingerprint density at radius 2 is 1.35 bits per heavy atom. The Bertz CT molecular complexity index is 798. The van der Waals surface area contributed by atoms with Crippen LogP contribution in [0.25, 0.3) is 6.08 Å². The topological polar surface area (TPSA) is 0 Å². The zero-order valence-electron chi connectivity index (χ0n) is 12.4. The van der Waals surface area contributed by atoms with E-state index in [0.717, 1.165) is 5.30 Å². The molecule has 1 atom stereocenters. The third kappa shape index (κ3) is 4.03. The first kappa shape index (κ1) is 16.3. The van der Waals surface area contributed by atoms with Crippen LogP contribution in [0.5, 0.6) is 0 Å². The summed E-state index contributed by atoms with van der Waals surface area (Å²) in [4.78, 5) is 0. The van der Waals surface area contributed by atoms with Crippen LogP contribution in [0.3, 0.4) is 0 Å². The second kappa shape index (κ2) is 7.79. The van der Waals surface area contributed by atoms with Crippen molar-refractivity contribution in [1.82, 2.24) is 0 Å². The van der Waals surface area contributed by atoms with Gasteiger partial charge in [0.15, 0.2) is 0 Å². The standard InChI is InChI=1S/C20H15Cl2P/c21-18-12-7-13-19(20(18)22)23(17-10-5-2-6-11-17)15-14-16-8-3-1-4-9-16/h1-15H. The van der Waals surface area contributed by atoms with Crippen molar-refractivity contribution in [1.29, 1.82) is 0 Å². The van der Waals surface area contributed by atoms with E-state index in [9.17, 15) is 0 Å². The van der Waals surface area contributed by atoms with Gasteiger partial charge in [-0.25, -0.2) is 0 Å². The van der Waals surface area contributed by atoms with Gasteiger partial charge in [-0.3, -0.25) is 0 Å². The van der Waals surface area contributed by atoms with Gasteiger partial charge in [0, 0.05) is 5.30 Å². The van der Waals surface area contributed by atoms with Gasteiger partial charge in [0.1, 0.15) is 0 Å². The lowest BCUT2D eigenvalue weighted by Crippen LogP contribution is -2.11. The molecule has 0 saturated heterocycles. The Kier molecular flexibility index (Phi) is 5.51. The molecule has 3 aromatic rings. The normalized spacial score (nSPS) is 12.4. The second-order valence-corrected chi connectivity index (χ2v) is 7.83. The van der Waals surface area contributed by atoms with E-state index in [1.807, 2.05) is 36.4 Å². The van der Waals surface area contributed by atoms with E-state index in [2.05, 4.69) is 54.4 Å². The summed E-state index contributed by atoms with van der Waals surface area (Å²) in [5, 5.41) is 3.56. The third-order valence-corrected chi connectivity index (χ3v) is 6.58. The molecule has 0 aliphatic heterocycles. The number of rotatable bonds is 4. The molecule has 0 nitrogen and oxygen atoms in total. The van der Waals surface area contributed by atoms with Crippen molar-refractivity contribution < 1.29 is 0 Å². The second-order valence-electron chi connectivity index (χ2n) is 5.00. The molecule has 0 radical (unpaired) electrons. The summed E-state index contributed by atoms with van der Waals surface area (Å²) in [6.07, 6.45) is 2.15. The Morgan fingerprint density at radius 3 is 2.04 bits per heavy atom. The van der Waals surface area contributed by atoms with E-state index in [4.69, 9.17) is 23.2 Å². The van der Waals surface area contributed by atoms with E-state index in [-0.39, 0.29) is 0 Å². The van der Waals surface area contributed by atoms with Crippen molar-refractivity contribution >= 4 is 47.8 Å². The molecule has 0 aromatic heterocycles. The summed E-state index contributed by atoms with van der Waals surface area (Å²) in [5.41, 5.74) is 1.18. The van der Waals surface area contributed by atoms with Crippen LogP contribution in [0, 0.1) is 0 Å². The highest BCUT2D eigenvalue weighted by Crippen LogP contribution is 2.40. The number of hydrogen-bond acceptors (Lipinski definition) is 0. The molecule has 23 heavy (non-hydrogen) atoms. The zero-order valence-corrected chi connectivity index (χ0v) is 14.8. The van der Waals surface area contributed by atoms with E-state index in [1.165, 1.54) is 10.9 Å². The van der Waals surface area contributed by atoms with Crippen LogP contribution in [0.2, 0.25) is 10.0 Å². The smallest absolute Gasteiger partial charge is 0.0675 e. The van der Waals surface area contributed by atoms with E-state index < -0.39 is 7.92 Å². The molecule has 0 fully saturated rings. The Morgan fingerprint density at radius 1 is 0.696 bits per heavy atom. The van der Waals surface area contributed by atoms with Crippen molar-refractivity contribution in [3.63, 3.8) is 0 Å². The molecule has 114 valence electrons. The van der Waals surface area contributed by atoms with Gasteiger partial charge >= 0.3 is 0 Å². The molecule has 3 heteroatoms. The van der Waals surface area contributed by atoms with Gasteiger partial charge in [0.2, 0.25) is 0 Å². The zero-order chi connectivity index (χ0) is 16.1. The Balaban J connectivity index is 2.04. The quantitative estimate of drug-likeness (QED) is 0.495. The summed E-state index contributed by atoms with van der Waals surface area (Å²) < 4.78 is 0. The summed E-state index contributed by atoms with van der Waals surface area (Å²) in [6.45, 7) is 0. The molecule has 3 rings (SSSR count). The lowest BCUT2D eigenvalue weighted by atomic mass is 10.2. The lowest BCUT2D eigenvalue weighted by Gasteiger charge is -2.16. The van der Waals surface area contributed by atoms with Crippen LogP contribution in [0.1, 0.15) is 5.56 Å². The molecule has 0 N–H and O–H groups in total. The average molecular weight is 357 g/mol. The highest BCUT2D eigenvalue weighted by atomic mass is 35.5. The van der Waals surface area contributed by atoms with Crippen LogP contribution in [-0.4, -0.2) is 0 Å². The number of hydrogen-bond donors (Lipinski definition) is 0. The van der Waals surface area contributed by atoms with Gasteiger partial charge in [-0.15, -0.1) is 0 Å². The van der Waals surface area contributed by atoms with Crippen LogP contribution in [-0.2, 0) is 0 Å². The van der Waals surface area contributed by atoms with Gasteiger partial charge in [-0.1, -0.05) is 108 Å². The first-order valence-corrected chi connectivity index (χ1v) is 9.44. The van der Waals surface area contributed by atoms with Gasteiger partial charge in [-0.05, 0) is 24.9 Å². The van der Waals surface area contributed by atoms with E-state index in [1.54, 1.807) is 0 Å². The van der Waals surface area contributed by atoms with E-state index >= 15 is 0 Å². The predicted molar refractivity (Wildman–Crippen MR) is 105 cm³/mol. The van der Waals surface area contributed by atoms with Crippen molar-refractivity contribution in [2.75, 3.05) is 0 Å². The molecule has 0 saturated carbocycles. The summed E-state index contributed by atoms with van der Waals surface area (Å²) >= 11 is 12.7. The van der Waals surface area contributed by atoms with Gasteiger partial charge in [-0.2, -0.15) is 0 Å². The molecular weight excluding hydrogens is 342 g/mol. The van der Waals surface area contributed by atoms with Crippen LogP contribution in [0.4, 0.5) is 0 Å². The largest absolute Gasteiger partial charge is 0.0827 e.